The van der Waals surface area contributed by atoms with Crippen molar-refractivity contribution in [1.82, 2.24) is 0 Å². The minimum Gasteiger partial charge on any atom is -0.310 e. The second kappa shape index (κ2) is 15.3. The number of benzene rings is 10. The highest BCUT2D eigenvalue weighted by molar-refractivity contribution is 7.25. The maximum Gasteiger partial charge on any atom is 0.0546 e. The molecular formula is C63H47NS. The van der Waals surface area contributed by atoms with Crippen molar-refractivity contribution in [1.29, 1.82) is 0 Å². The molecule has 65 heavy (non-hydrogen) atoms. The predicted molar refractivity (Wildman–Crippen MR) is 278 cm³/mol. The van der Waals surface area contributed by atoms with Crippen molar-refractivity contribution in [3.63, 3.8) is 0 Å². The molecule has 1 aromatic heterocycles. The summed E-state index contributed by atoms with van der Waals surface area (Å²) in [7, 11) is 0. The van der Waals surface area contributed by atoms with Crippen LogP contribution in [0.1, 0.15) is 48.6 Å². The van der Waals surface area contributed by atoms with E-state index in [1.807, 2.05) is 11.3 Å². The molecule has 10 aromatic carbocycles. The third kappa shape index (κ3) is 6.20. The van der Waals surface area contributed by atoms with Crippen LogP contribution in [-0.2, 0) is 10.8 Å². The minimum absolute atomic E-state index is 0.101. The van der Waals surface area contributed by atoms with Crippen LogP contribution in [0.5, 0.6) is 0 Å². The van der Waals surface area contributed by atoms with Crippen molar-refractivity contribution in [2.75, 3.05) is 4.90 Å². The van der Waals surface area contributed by atoms with Crippen LogP contribution in [0.15, 0.2) is 231 Å². The van der Waals surface area contributed by atoms with Crippen molar-refractivity contribution in [2.24, 2.45) is 0 Å². The minimum atomic E-state index is -0.366. The van der Waals surface area contributed by atoms with Gasteiger partial charge in [0, 0.05) is 47.9 Å². The molecule has 1 aliphatic rings. The Labute approximate surface area is 385 Å². The largest absolute Gasteiger partial charge is 0.310 e. The van der Waals surface area contributed by atoms with E-state index < -0.39 is 0 Å². The number of thiophene rings is 1. The number of anilines is 3. The second-order valence-corrected chi connectivity index (χ2v) is 19.2. The summed E-state index contributed by atoms with van der Waals surface area (Å²) in [5, 5.41) is 5.04. The van der Waals surface area contributed by atoms with Crippen LogP contribution in [0, 0.1) is 0 Å². The molecule has 1 nitrogen and oxygen atoms in total. The van der Waals surface area contributed by atoms with Gasteiger partial charge in [0.1, 0.15) is 0 Å². The Bertz CT molecular complexity index is 3540. The first-order chi connectivity index (χ1) is 31.9. The third-order valence-corrected chi connectivity index (χ3v) is 15.4. The average Bonchev–Trinajstić information content (AvgIpc) is 3.86. The first-order valence-electron chi connectivity index (χ1n) is 22.7. The maximum absolute atomic E-state index is 2.51. The Morgan fingerprint density at radius 2 is 0.954 bits per heavy atom. The molecule has 0 radical (unpaired) electrons. The first-order valence-corrected chi connectivity index (χ1v) is 23.5. The summed E-state index contributed by atoms with van der Waals surface area (Å²) in [6.45, 7) is 7.08. The standard InChI is InChI=1S/C63H47NS/c1-62(2)55-30-16-14-26-50(55)54-41-47(38-39-56(54)62)64(46-36-34-45(35-37-46)63(3,43-20-6-4-7-21-43)44-22-8-5-9-23-44)57-40-33-42-19-10-11-24-48(42)60(57)51-27-13-12-25-49(51)52-29-18-32-59-61(52)53-28-15-17-31-58(53)65-59/h4-41H,1-3H3. The quantitative estimate of drug-likeness (QED) is 0.138. The topological polar surface area (TPSA) is 3.24 Å². The molecule has 0 unspecified atom stereocenters. The van der Waals surface area contributed by atoms with E-state index in [9.17, 15) is 0 Å². The van der Waals surface area contributed by atoms with Crippen LogP contribution < -0.4 is 4.90 Å². The summed E-state index contributed by atoms with van der Waals surface area (Å²) in [5.41, 5.74) is 16.9. The Balaban J connectivity index is 1.12. The number of hydrogen-bond donors (Lipinski definition) is 0. The van der Waals surface area contributed by atoms with E-state index in [4.69, 9.17) is 0 Å². The van der Waals surface area contributed by atoms with Crippen LogP contribution in [0.4, 0.5) is 17.1 Å². The van der Waals surface area contributed by atoms with Crippen molar-refractivity contribution in [3.05, 3.63) is 258 Å². The fraction of sp³-hybridized carbons (Fsp3) is 0.0794. The van der Waals surface area contributed by atoms with Crippen LogP contribution in [0.2, 0.25) is 0 Å². The normalized spacial score (nSPS) is 13.0. The fourth-order valence-electron chi connectivity index (χ4n) is 10.9. The molecule has 12 rings (SSSR count). The highest BCUT2D eigenvalue weighted by atomic mass is 32.1. The molecule has 0 saturated carbocycles. The first kappa shape index (κ1) is 39.1. The summed E-state index contributed by atoms with van der Waals surface area (Å²) < 4.78 is 2.61. The molecule has 0 saturated heterocycles. The molecule has 310 valence electrons. The molecule has 1 heterocycles. The van der Waals surface area contributed by atoms with Gasteiger partial charge in [-0.05, 0) is 116 Å². The summed E-state index contributed by atoms with van der Waals surface area (Å²) in [4.78, 5) is 2.51. The Kier molecular flexibility index (Phi) is 9.22. The maximum atomic E-state index is 2.51. The Morgan fingerprint density at radius 3 is 1.71 bits per heavy atom. The van der Waals surface area contributed by atoms with Gasteiger partial charge in [0.15, 0.2) is 0 Å². The van der Waals surface area contributed by atoms with Gasteiger partial charge in [-0.2, -0.15) is 0 Å². The van der Waals surface area contributed by atoms with Crippen LogP contribution in [0.25, 0.3) is 64.3 Å². The molecular weight excluding hydrogens is 803 g/mol. The third-order valence-electron chi connectivity index (χ3n) is 14.3. The van der Waals surface area contributed by atoms with Gasteiger partial charge < -0.3 is 4.90 Å². The zero-order valence-electron chi connectivity index (χ0n) is 36.8. The molecule has 0 bridgehead atoms. The smallest absolute Gasteiger partial charge is 0.0546 e. The van der Waals surface area contributed by atoms with Gasteiger partial charge in [-0.3, -0.25) is 0 Å². The van der Waals surface area contributed by atoms with Gasteiger partial charge >= 0.3 is 0 Å². The molecule has 0 spiro atoms. The summed E-state index contributed by atoms with van der Waals surface area (Å²) >= 11 is 1.87. The van der Waals surface area contributed by atoms with Crippen molar-refractivity contribution in [2.45, 2.75) is 31.6 Å². The number of nitrogens with zero attached hydrogens (tertiary/aromatic N) is 1. The lowest BCUT2D eigenvalue weighted by Gasteiger charge is -2.33. The van der Waals surface area contributed by atoms with Gasteiger partial charge in [0.25, 0.3) is 0 Å². The highest BCUT2D eigenvalue weighted by Crippen LogP contribution is 2.53. The van der Waals surface area contributed by atoms with Gasteiger partial charge in [0.05, 0.1) is 5.69 Å². The molecule has 11 aromatic rings. The highest BCUT2D eigenvalue weighted by Gasteiger charge is 2.36. The van der Waals surface area contributed by atoms with E-state index in [2.05, 4.69) is 256 Å². The van der Waals surface area contributed by atoms with Gasteiger partial charge in [-0.15, -0.1) is 11.3 Å². The number of fused-ring (bicyclic) bond motifs is 7. The lowest BCUT2D eigenvalue weighted by molar-refractivity contribution is 0.660. The molecule has 1 aliphatic carbocycles. The van der Waals surface area contributed by atoms with Gasteiger partial charge in [-0.1, -0.05) is 202 Å². The monoisotopic (exact) mass is 849 g/mol. The van der Waals surface area contributed by atoms with E-state index in [0.717, 1.165) is 17.1 Å². The van der Waals surface area contributed by atoms with Crippen LogP contribution >= 0.6 is 11.3 Å². The predicted octanol–water partition coefficient (Wildman–Crippen LogP) is 17.7. The Morgan fingerprint density at radius 1 is 0.400 bits per heavy atom. The molecule has 0 aliphatic heterocycles. The molecule has 0 amide bonds. The van der Waals surface area contributed by atoms with Crippen LogP contribution in [0.3, 0.4) is 0 Å². The lowest BCUT2D eigenvalue weighted by Crippen LogP contribution is -2.25. The van der Waals surface area contributed by atoms with E-state index in [1.54, 1.807) is 0 Å². The second-order valence-electron chi connectivity index (χ2n) is 18.1. The molecule has 2 heteroatoms. The number of rotatable bonds is 8. The average molecular weight is 850 g/mol. The van der Waals surface area contributed by atoms with Crippen molar-refractivity contribution >= 4 is 59.3 Å². The van der Waals surface area contributed by atoms with Gasteiger partial charge in [0.2, 0.25) is 0 Å². The van der Waals surface area contributed by atoms with E-state index >= 15 is 0 Å². The number of hydrogen-bond acceptors (Lipinski definition) is 2. The SMILES string of the molecule is CC1(C)c2ccccc2-c2cc(N(c3ccc(C(C)(c4ccccc4)c4ccccc4)cc3)c3ccc4ccccc4c3-c3ccccc3-c3cccc4sc5ccccc5c34)ccc21. The zero-order valence-corrected chi connectivity index (χ0v) is 37.6. The van der Waals surface area contributed by atoms with Gasteiger partial charge in [-0.25, -0.2) is 0 Å². The summed E-state index contributed by atoms with van der Waals surface area (Å²) in [5.74, 6) is 0. The molecule has 0 atom stereocenters. The van der Waals surface area contributed by atoms with E-state index in [0.29, 0.717) is 0 Å². The molecule has 0 N–H and O–H groups in total. The zero-order chi connectivity index (χ0) is 43.7. The lowest BCUT2D eigenvalue weighted by atomic mass is 9.71. The van der Waals surface area contributed by atoms with Crippen LogP contribution in [-0.4, -0.2) is 0 Å². The van der Waals surface area contributed by atoms with Crippen molar-refractivity contribution in [3.8, 4) is 33.4 Å². The Hall–Kier alpha value is -7.52. The molecule has 0 fully saturated rings. The summed E-state index contributed by atoms with van der Waals surface area (Å²) in [6, 6.07) is 85.7. The van der Waals surface area contributed by atoms with E-state index in [1.165, 1.54) is 92.1 Å². The summed E-state index contributed by atoms with van der Waals surface area (Å²) in [6.07, 6.45) is 0. The van der Waals surface area contributed by atoms with E-state index in [-0.39, 0.29) is 10.8 Å². The van der Waals surface area contributed by atoms with Crippen molar-refractivity contribution < 1.29 is 0 Å². The fourth-order valence-corrected chi connectivity index (χ4v) is 12.1.